The van der Waals surface area contributed by atoms with Crippen LogP contribution < -0.4 is 26.0 Å². The molecule has 3 aromatic rings. The van der Waals surface area contributed by atoms with Gasteiger partial charge in [-0.15, -0.1) is 0 Å². The summed E-state index contributed by atoms with van der Waals surface area (Å²) in [4.78, 5) is 37.2. The van der Waals surface area contributed by atoms with Gasteiger partial charge in [0.05, 0.1) is 0 Å². The maximum Gasteiger partial charge on any atom is 0.422 e. The summed E-state index contributed by atoms with van der Waals surface area (Å²) in [5, 5.41) is 11.8. The van der Waals surface area contributed by atoms with E-state index >= 15 is 0 Å². The number of anilines is 3. The van der Waals surface area contributed by atoms with Gasteiger partial charge < -0.3 is 26.0 Å². The fraction of sp³-hybridized carbons (Fsp3) is 0.452. The maximum atomic E-state index is 12.8. The van der Waals surface area contributed by atoms with Gasteiger partial charge in [-0.3, -0.25) is 9.59 Å². The van der Waals surface area contributed by atoms with Crippen LogP contribution in [0.4, 0.5) is 30.8 Å². The highest BCUT2D eigenvalue weighted by Crippen LogP contribution is 2.21. The molecule has 0 unspecified atom stereocenters. The van der Waals surface area contributed by atoms with Gasteiger partial charge in [0.1, 0.15) is 0 Å². The summed E-state index contributed by atoms with van der Waals surface area (Å²) < 4.78 is 43.2. The molecule has 4 heterocycles. The number of nitrogens with one attached hydrogen (secondary N) is 4. The Bertz CT molecular complexity index is 1350. The lowest BCUT2D eigenvalue weighted by Gasteiger charge is -2.12. The minimum absolute atomic E-state index is 0.0125. The van der Waals surface area contributed by atoms with Crippen LogP contribution in [0.1, 0.15) is 84.1 Å². The number of carbonyl (C=O) groups is 2. The van der Waals surface area contributed by atoms with E-state index in [1.54, 1.807) is 48.5 Å². The molecule has 4 N–H and O–H groups in total. The Morgan fingerprint density at radius 1 is 0.636 bits per heavy atom. The van der Waals surface area contributed by atoms with Crippen LogP contribution in [0.25, 0.3) is 0 Å². The van der Waals surface area contributed by atoms with Crippen LogP contribution in [0.5, 0.6) is 6.01 Å². The van der Waals surface area contributed by atoms with Crippen molar-refractivity contribution in [2.45, 2.75) is 70.5 Å². The van der Waals surface area contributed by atoms with E-state index in [0.717, 1.165) is 44.1 Å². The van der Waals surface area contributed by atoms with Crippen LogP contribution in [-0.2, 0) is 6.54 Å². The zero-order chi connectivity index (χ0) is 31.2. The monoisotopic (exact) mass is 613 g/mol. The van der Waals surface area contributed by atoms with Crippen molar-refractivity contribution in [1.29, 1.82) is 0 Å². The summed E-state index contributed by atoms with van der Waals surface area (Å²) in [5.74, 6) is -0.383. The number of hydrogen-bond donors (Lipinski definition) is 4. The Morgan fingerprint density at radius 2 is 1.14 bits per heavy atom. The van der Waals surface area contributed by atoms with Crippen molar-refractivity contribution < 1.29 is 27.5 Å². The van der Waals surface area contributed by atoms with E-state index in [9.17, 15) is 22.8 Å². The van der Waals surface area contributed by atoms with E-state index in [1.165, 1.54) is 19.3 Å². The molecule has 44 heavy (non-hydrogen) atoms. The molecule has 0 aliphatic carbocycles. The lowest BCUT2D eigenvalue weighted by atomic mass is 10.1. The third-order valence-corrected chi connectivity index (χ3v) is 6.97. The van der Waals surface area contributed by atoms with E-state index in [-0.39, 0.29) is 30.3 Å². The lowest BCUT2D eigenvalue weighted by molar-refractivity contribution is -0.154. The molecule has 1 aromatic heterocycles. The first-order chi connectivity index (χ1) is 21.2. The highest BCUT2D eigenvalue weighted by Gasteiger charge is 2.29. The van der Waals surface area contributed by atoms with Crippen molar-refractivity contribution in [3.63, 3.8) is 0 Å². The minimum Gasteiger partial charge on any atom is -0.454 e. The molecule has 0 atom stereocenters. The van der Waals surface area contributed by atoms with Gasteiger partial charge in [-0.1, -0.05) is 57.1 Å². The van der Waals surface area contributed by atoms with Crippen LogP contribution >= 0.6 is 0 Å². The number of nitrogens with zero attached hydrogens (tertiary/aromatic N) is 3. The van der Waals surface area contributed by atoms with E-state index < -0.39 is 18.8 Å². The second kappa shape index (κ2) is 16.4. The van der Waals surface area contributed by atoms with Crippen LogP contribution in [0.3, 0.4) is 0 Å². The van der Waals surface area contributed by atoms with Gasteiger partial charge in [-0.25, -0.2) is 0 Å². The van der Waals surface area contributed by atoms with Crippen LogP contribution in [0.2, 0.25) is 0 Å². The Kier molecular flexibility index (Phi) is 12.1. The van der Waals surface area contributed by atoms with E-state index in [1.807, 2.05) is 0 Å². The molecule has 6 rings (SSSR count). The molecule has 0 saturated carbocycles. The molecule has 0 fully saturated rings. The van der Waals surface area contributed by atoms with E-state index in [4.69, 9.17) is 4.74 Å². The lowest BCUT2D eigenvalue weighted by Crippen LogP contribution is -2.24. The first kappa shape index (κ1) is 32.5. The Morgan fingerprint density at radius 3 is 1.68 bits per heavy atom. The summed E-state index contributed by atoms with van der Waals surface area (Å²) >= 11 is 0. The smallest absolute Gasteiger partial charge is 0.422 e. The molecule has 0 saturated heterocycles. The van der Waals surface area contributed by atoms with Crippen LogP contribution in [0, 0.1) is 0 Å². The third kappa shape index (κ3) is 11.3. The second-order valence-corrected chi connectivity index (χ2v) is 10.6. The second-order valence-electron chi connectivity index (χ2n) is 10.6. The predicted molar refractivity (Wildman–Crippen MR) is 161 cm³/mol. The largest absolute Gasteiger partial charge is 0.454 e. The number of carbonyl (C=O) groups excluding carboxylic acids is 2. The molecule has 6 bridgehead atoms. The number of hydrogen-bond acceptors (Lipinski definition) is 8. The standard InChI is InChI=1S/C31H38F3N7O3/c32-31(33,34)21-44-30-40-28-37-20-22-10-12-23(13-11-22)26(42)35-18-8-6-4-2-1-3-5-7-9-19-36-27(43)24-14-16-25(17-15-24)38-29(39-28)41-30/h10-17H,1-9,18-21H2,(H,35,42)(H,36,43)(H2,37,38,39,40,41). The molecule has 10 nitrogen and oxygen atoms in total. The number of benzene rings is 2. The van der Waals surface area contributed by atoms with Crippen molar-refractivity contribution in [3.8, 4) is 6.01 Å². The summed E-state index contributed by atoms with van der Waals surface area (Å²) in [6, 6.07) is 13.0. The van der Waals surface area contributed by atoms with Crippen LogP contribution in [0.15, 0.2) is 48.5 Å². The Balaban J connectivity index is 1.48. The van der Waals surface area contributed by atoms with Gasteiger partial charge in [0.25, 0.3) is 11.8 Å². The maximum absolute atomic E-state index is 12.8. The number of amides is 2. The highest BCUT2D eigenvalue weighted by atomic mass is 19.4. The van der Waals surface area contributed by atoms with Crippen molar-refractivity contribution in [3.05, 3.63) is 65.2 Å². The normalized spacial score (nSPS) is 16.3. The first-order valence-corrected chi connectivity index (χ1v) is 15.0. The van der Waals surface area contributed by atoms with Gasteiger partial charge in [-0.2, -0.15) is 28.1 Å². The predicted octanol–water partition coefficient (Wildman–Crippen LogP) is 6.15. The number of aromatic nitrogens is 3. The summed E-state index contributed by atoms with van der Waals surface area (Å²) in [5.41, 5.74) is 2.33. The Labute approximate surface area is 254 Å². The van der Waals surface area contributed by atoms with E-state index in [0.29, 0.717) is 29.9 Å². The SMILES string of the molecule is O=C1NCCCCCCCCCCCNC(=O)c2ccc(cc2)Nc2nc(nc(OCC(F)(F)F)n2)NCc2ccc1cc2. The number of fused-ring (bicyclic) bond motifs is 2. The Hall–Kier alpha value is -4.42. The van der Waals surface area contributed by atoms with Crippen LogP contribution in [-0.4, -0.2) is 52.6 Å². The van der Waals surface area contributed by atoms with E-state index in [2.05, 4.69) is 36.2 Å². The molecule has 3 aliphatic heterocycles. The van der Waals surface area contributed by atoms with Gasteiger partial charge in [-0.05, 0) is 54.8 Å². The zero-order valence-electron chi connectivity index (χ0n) is 24.5. The molecule has 2 aromatic carbocycles. The van der Waals surface area contributed by atoms with Gasteiger partial charge in [0, 0.05) is 36.4 Å². The average molecular weight is 614 g/mol. The number of rotatable bonds is 2. The summed E-state index contributed by atoms with van der Waals surface area (Å²) in [6.07, 6.45) is 5.17. The zero-order valence-corrected chi connectivity index (χ0v) is 24.5. The molecule has 3 aliphatic rings. The van der Waals surface area contributed by atoms with Crippen molar-refractivity contribution in [2.75, 3.05) is 30.3 Å². The van der Waals surface area contributed by atoms with Gasteiger partial charge in [0.2, 0.25) is 11.9 Å². The number of ether oxygens (including phenoxy) is 1. The van der Waals surface area contributed by atoms with Crippen molar-refractivity contribution in [2.24, 2.45) is 0 Å². The fourth-order valence-corrected chi connectivity index (χ4v) is 4.59. The van der Waals surface area contributed by atoms with Gasteiger partial charge in [0.15, 0.2) is 6.61 Å². The molecular weight excluding hydrogens is 575 g/mol. The quantitative estimate of drug-likeness (QED) is 0.271. The first-order valence-electron chi connectivity index (χ1n) is 15.0. The average Bonchev–Trinajstić information content (AvgIpc) is 3.01. The molecule has 236 valence electrons. The summed E-state index contributed by atoms with van der Waals surface area (Å²) in [7, 11) is 0. The summed E-state index contributed by atoms with van der Waals surface area (Å²) in [6.45, 7) is -0.127. The topological polar surface area (TPSA) is 130 Å². The molecule has 13 heteroatoms. The molecular formula is C31H38F3N7O3. The fourth-order valence-electron chi connectivity index (χ4n) is 4.59. The number of alkyl halides is 3. The van der Waals surface area contributed by atoms with Crippen molar-refractivity contribution in [1.82, 2.24) is 25.6 Å². The highest BCUT2D eigenvalue weighted by molar-refractivity contribution is 5.94. The molecule has 2 amide bonds. The number of halogens is 3. The minimum atomic E-state index is -4.58. The van der Waals surface area contributed by atoms with Gasteiger partial charge >= 0.3 is 12.2 Å². The molecule has 0 spiro atoms. The third-order valence-electron chi connectivity index (χ3n) is 6.97. The molecule has 0 radical (unpaired) electrons. The van der Waals surface area contributed by atoms with Crippen molar-refractivity contribution >= 4 is 29.4 Å².